The van der Waals surface area contributed by atoms with Crippen LogP contribution in [0, 0.1) is 11.8 Å². The molecule has 8 heteroatoms. The van der Waals surface area contributed by atoms with E-state index in [0.717, 1.165) is 90.3 Å². The van der Waals surface area contributed by atoms with Crippen LogP contribution in [0.3, 0.4) is 0 Å². The van der Waals surface area contributed by atoms with Crippen molar-refractivity contribution in [1.29, 1.82) is 0 Å². The van der Waals surface area contributed by atoms with E-state index in [9.17, 15) is 9.59 Å². The maximum atomic E-state index is 11.7. The van der Waals surface area contributed by atoms with Crippen molar-refractivity contribution in [3.8, 4) is 0 Å². The second-order valence-corrected chi connectivity index (χ2v) is 7.75. The predicted molar refractivity (Wildman–Crippen MR) is 110 cm³/mol. The van der Waals surface area contributed by atoms with Crippen molar-refractivity contribution in [2.75, 3.05) is 52.9 Å². The molecule has 3 N–H and O–H groups in total. The molecule has 2 rings (SSSR count). The first-order chi connectivity index (χ1) is 13.5. The van der Waals surface area contributed by atoms with Crippen LogP contribution in [0.2, 0.25) is 0 Å². The summed E-state index contributed by atoms with van der Waals surface area (Å²) in [6, 6.07) is 0. The van der Waals surface area contributed by atoms with E-state index < -0.39 is 0 Å². The third-order valence-corrected chi connectivity index (χ3v) is 5.80. The van der Waals surface area contributed by atoms with Gasteiger partial charge in [0.2, 0.25) is 5.91 Å². The Morgan fingerprint density at radius 1 is 1.07 bits per heavy atom. The lowest BCUT2D eigenvalue weighted by atomic mass is 9.96. The summed E-state index contributed by atoms with van der Waals surface area (Å²) >= 11 is 0. The lowest BCUT2D eigenvalue weighted by Crippen LogP contribution is -2.46. The summed E-state index contributed by atoms with van der Waals surface area (Å²) in [4.78, 5) is 32.4. The van der Waals surface area contributed by atoms with Crippen LogP contribution in [0.25, 0.3) is 0 Å². The number of carbonyl (C=O) groups excluding carboxylic acids is 2. The van der Waals surface area contributed by atoms with E-state index in [0.29, 0.717) is 0 Å². The number of esters is 1. The van der Waals surface area contributed by atoms with Gasteiger partial charge in [-0.1, -0.05) is 0 Å². The molecule has 160 valence electrons. The lowest BCUT2D eigenvalue weighted by molar-refractivity contribution is -0.146. The van der Waals surface area contributed by atoms with Crippen molar-refractivity contribution in [3.05, 3.63) is 0 Å². The number of piperidine rings is 2. The van der Waals surface area contributed by atoms with Crippen LogP contribution >= 0.6 is 0 Å². The van der Waals surface area contributed by atoms with Crippen LogP contribution in [0.4, 0.5) is 0 Å². The number of hydrogen-bond acceptors (Lipinski definition) is 5. The average molecular weight is 396 g/mol. The van der Waals surface area contributed by atoms with Gasteiger partial charge in [-0.05, 0) is 65.1 Å². The Morgan fingerprint density at radius 2 is 1.71 bits per heavy atom. The van der Waals surface area contributed by atoms with Crippen LogP contribution in [0.1, 0.15) is 45.4 Å². The highest BCUT2D eigenvalue weighted by molar-refractivity contribution is 5.80. The van der Waals surface area contributed by atoms with Crippen molar-refractivity contribution in [2.24, 2.45) is 22.6 Å². The lowest BCUT2D eigenvalue weighted by Gasteiger charge is -2.33. The standard InChI is InChI=1S/C20H37N5O3/c1-3-22-20(25-14-8-17(9-15-25)19(27)28-2)23-10-4-5-11-24-12-6-16(7-13-24)18(21)26/h16-17H,3-15H2,1-2H3,(H2,21,26)(H,22,23). The number of hydrogen-bond donors (Lipinski definition) is 2. The molecule has 0 aromatic heterocycles. The Hall–Kier alpha value is -1.83. The van der Waals surface area contributed by atoms with E-state index in [2.05, 4.69) is 22.0 Å². The number of methoxy groups -OCH3 is 1. The maximum absolute atomic E-state index is 11.7. The highest BCUT2D eigenvalue weighted by atomic mass is 16.5. The molecule has 2 fully saturated rings. The zero-order valence-corrected chi connectivity index (χ0v) is 17.5. The number of ether oxygens (including phenoxy) is 1. The van der Waals surface area contributed by atoms with Crippen molar-refractivity contribution < 1.29 is 14.3 Å². The summed E-state index contributed by atoms with van der Waals surface area (Å²) in [6.45, 7) is 8.38. The van der Waals surface area contributed by atoms with Gasteiger partial charge in [0.15, 0.2) is 5.96 Å². The van der Waals surface area contributed by atoms with Crippen molar-refractivity contribution in [1.82, 2.24) is 15.1 Å². The number of nitrogens with zero attached hydrogens (tertiary/aromatic N) is 3. The fourth-order valence-electron chi connectivity index (χ4n) is 3.99. The van der Waals surface area contributed by atoms with Gasteiger partial charge in [-0.25, -0.2) is 0 Å². The first kappa shape index (κ1) is 22.5. The number of carbonyl (C=O) groups is 2. The minimum atomic E-state index is -0.152. The van der Waals surface area contributed by atoms with Gasteiger partial charge in [0.1, 0.15) is 0 Å². The molecule has 2 aliphatic rings. The first-order valence-corrected chi connectivity index (χ1v) is 10.7. The molecule has 0 unspecified atom stereocenters. The molecule has 0 aromatic rings. The van der Waals surface area contributed by atoms with E-state index in [1.807, 2.05) is 0 Å². The van der Waals surface area contributed by atoms with Gasteiger partial charge in [-0.2, -0.15) is 0 Å². The molecule has 0 bridgehead atoms. The SMILES string of the molecule is CCNC(=NCCCCN1CCC(C(N)=O)CC1)N1CCC(C(=O)OC)CC1. The third-order valence-electron chi connectivity index (χ3n) is 5.80. The Morgan fingerprint density at radius 3 is 2.29 bits per heavy atom. The van der Waals surface area contributed by atoms with Gasteiger partial charge in [-0.3, -0.25) is 14.6 Å². The highest BCUT2D eigenvalue weighted by Gasteiger charge is 2.27. The van der Waals surface area contributed by atoms with Crippen molar-refractivity contribution in [2.45, 2.75) is 45.4 Å². The fourth-order valence-corrected chi connectivity index (χ4v) is 3.99. The maximum Gasteiger partial charge on any atom is 0.308 e. The summed E-state index contributed by atoms with van der Waals surface area (Å²) < 4.78 is 4.86. The Kier molecular flexibility index (Phi) is 9.54. The number of unbranched alkanes of at least 4 members (excludes halogenated alkanes) is 1. The van der Waals surface area contributed by atoms with Gasteiger partial charge in [0.05, 0.1) is 13.0 Å². The molecule has 0 aromatic carbocycles. The van der Waals surface area contributed by atoms with Crippen LogP contribution in [0.15, 0.2) is 4.99 Å². The van der Waals surface area contributed by atoms with Crippen molar-refractivity contribution >= 4 is 17.8 Å². The van der Waals surface area contributed by atoms with Crippen molar-refractivity contribution in [3.63, 3.8) is 0 Å². The summed E-state index contributed by atoms with van der Waals surface area (Å²) in [5.74, 6) is 0.782. The van der Waals surface area contributed by atoms with Crippen LogP contribution in [0.5, 0.6) is 0 Å². The zero-order chi connectivity index (χ0) is 20.4. The number of likely N-dealkylation sites (tertiary alicyclic amines) is 2. The Labute approximate surface area is 168 Å². The smallest absolute Gasteiger partial charge is 0.308 e. The number of nitrogens with one attached hydrogen (secondary N) is 1. The molecule has 0 aliphatic carbocycles. The van der Waals surface area contributed by atoms with E-state index in [4.69, 9.17) is 15.5 Å². The number of guanidine groups is 1. The molecule has 1 amide bonds. The average Bonchev–Trinajstić information content (AvgIpc) is 2.72. The monoisotopic (exact) mass is 395 g/mol. The van der Waals surface area contributed by atoms with Gasteiger partial charge in [-0.15, -0.1) is 0 Å². The third kappa shape index (κ3) is 6.96. The molecular formula is C20H37N5O3. The number of aliphatic imine (C=N–C) groups is 1. The molecule has 2 aliphatic heterocycles. The Balaban J connectivity index is 1.67. The second-order valence-electron chi connectivity index (χ2n) is 7.75. The van der Waals surface area contributed by atoms with Gasteiger partial charge < -0.3 is 25.6 Å². The molecule has 0 radical (unpaired) electrons. The second kappa shape index (κ2) is 11.9. The highest BCUT2D eigenvalue weighted by Crippen LogP contribution is 2.19. The summed E-state index contributed by atoms with van der Waals surface area (Å²) in [5, 5.41) is 3.37. The first-order valence-electron chi connectivity index (χ1n) is 10.7. The van der Waals surface area contributed by atoms with Crippen LogP contribution in [-0.2, 0) is 14.3 Å². The van der Waals surface area contributed by atoms with E-state index in [-0.39, 0.29) is 23.7 Å². The summed E-state index contributed by atoms with van der Waals surface area (Å²) in [6.07, 6.45) is 5.56. The summed E-state index contributed by atoms with van der Waals surface area (Å²) in [5.41, 5.74) is 5.39. The molecule has 0 atom stereocenters. The summed E-state index contributed by atoms with van der Waals surface area (Å²) in [7, 11) is 1.46. The zero-order valence-electron chi connectivity index (χ0n) is 17.5. The number of amides is 1. The topological polar surface area (TPSA) is 100 Å². The van der Waals surface area contributed by atoms with Crippen LogP contribution < -0.4 is 11.1 Å². The van der Waals surface area contributed by atoms with E-state index in [1.165, 1.54) is 7.11 Å². The molecule has 2 saturated heterocycles. The minimum absolute atomic E-state index is 0.0165. The number of primary amides is 1. The van der Waals surface area contributed by atoms with Crippen LogP contribution in [-0.4, -0.2) is 80.6 Å². The Bertz CT molecular complexity index is 524. The molecule has 0 saturated carbocycles. The predicted octanol–water partition coefficient (Wildman–Crippen LogP) is 0.814. The van der Waals surface area contributed by atoms with E-state index >= 15 is 0 Å². The molecular weight excluding hydrogens is 358 g/mol. The molecule has 28 heavy (non-hydrogen) atoms. The molecule has 0 spiro atoms. The normalized spacial score (nSPS) is 20.2. The number of rotatable bonds is 8. The van der Waals surface area contributed by atoms with Gasteiger partial charge in [0, 0.05) is 32.1 Å². The van der Waals surface area contributed by atoms with Gasteiger partial charge in [0.25, 0.3) is 0 Å². The van der Waals surface area contributed by atoms with E-state index in [1.54, 1.807) is 0 Å². The minimum Gasteiger partial charge on any atom is -0.469 e. The molecule has 8 nitrogen and oxygen atoms in total. The van der Waals surface area contributed by atoms with Gasteiger partial charge >= 0.3 is 5.97 Å². The number of nitrogens with two attached hydrogens (primary N) is 1. The fraction of sp³-hybridized carbons (Fsp3) is 0.850. The largest absolute Gasteiger partial charge is 0.469 e. The quantitative estimate of drug-likeness (QED) is 0.273. The molecule has 2 heterocycles.